The summed E-state index contributed by atoms with van der Waals surface area (Å²) >= 11 is 0. The lowest BCUT2D eigenvalue weighted by Gasteiger charge is -2.10. The van der Waals surface area contributed by atoms with Crippen LogP contribution in [0.1, 0.15) is 23.6 Å². The van der Waals surface area contributed by atoms with E-state index in [1.54, 1.807) is 32.2 Å². The minimum Gasteiger partial charge on any atom is -0.496 e. The maximum atomic E-state index is 13.2. The van der Waals surface area contributed by atoms with Gasteiger partial charge in [0.05, 0.1) is 18.4 Å². The number of methoxy groups -OCH3 is 1. The molecule has 0 fully saturated rings. The van der Waals surface area contributed by atoms with Gasteiger partial charge in [-0.15, -0.1) is 0 Å². The third-order valence-corrected chi connectivity index (χ3v) is 4.52. The van der Waals surface area contributed by atoms with Crippen LogP contribution in [-0.2, 0) is 11.2 Å². The molecule has 1 amide bonds. The Bertz CT molecular complexity index is 1110. The molecule has 9 heteroatoms. The number of carbonyl (C=O) groups excluding carboxylic acids is 1. The van der Waals surface area contributed by atoms with E-state index in [2.05, 4.69) is 25.7 Å². The Hall–Kier alpha value is -3.88. The summed E-state index contributed by atoms with van der Waals surface area (Å²) in [5, 5.41) is 18.5. The number of nitrogens with zero attached hydrogens (tertiary/aromatic N) is 5. The summed E-state index contributed by atoms with van der Waals surface area (Å²) in [6.45, 7) is 1.75. The molecule has 0 unspecified atom stereocenters. The SMILES string of the molecule is COc1ccc(/C=C2\C(=O)N(c3nnn[nH]3)N=C2C)cc1Cc1ccc(F)cc1. The molecule has 0 atom stereocenters. The Labute approximate surface area is 165 Å². The largest absolute Gasteiger partial charge is 0.496 e. The van der Waals surface area contributed by atoms with E-state index in [-0.39, 0.29) is 17.7 Å². The third kappa shape index (κ3) is 3.75. The molecule has 0 aliphatic carbocycles. The van der Waals surface area contributed by atoms with Gasteiger partial charge in [-0.25, -0.2) is 9.49 Å². The Kier molecular flexibility index (Phi) is 4.86. The molecule has 4 rings (SSSR count). The van der Waals surface area contributed by atoms with Crippen LogP contribution in [-0.4, -0.2) is 39.4 Å². The molecular weight excluding hydrogens is 375 g/mol. The van der Waals surface area contributed by atoms with Gasteiger partial charge in [-0.2, -0.15) is 10.1 Å². The molecule has 0 saturated carbocycles. The van der Waals surface area contributed by atoms with E-state index in [9.17, 15) is 9.18 Å². The first-order valence-electron chi connectivity index (χ1n) is 8.82. The summed E-state index contributed by atoms with van der Waals surface area (Å²) in [4.78, 5) is 12.7. The van der Waals surface area contributed by atoms with E-state index in [4.69, 9.17) is 4.74 Å². The van der Waals surface area contributed by atoms with Gasteiger partial charge in [0.25, 0.3) is 11.9 Å². The number of aromatic nitrogens is 4. The normalized spacial score (nSPS) is 15.1. The molecule has 1 aliphatic heterocycles. The van der Waals surface area contributed by atoms with Crippen molar-refractivity contribution in [1.82, 2.24) is 20.6 Å². The number of halogens is 1. The van der Waals surface area contributed by atoms with Crippen molar-refractivity contribution in [3.8, 4) is 5.75 Å². The molecule has 3 aromatic rings. The monoisotopic (exact) mass is 392 g/mol. The van der Waals surface area contributed by atoms with Crippen LogP contribution in [0.25, 0.3) is 6.08 Å². The van der Waals surface area contributed by atoms with Crippen LogP contribution < -0.4 is 9.75 Å². The zero-order valence-electron chi connectivity index (χ0n) is 15.8. The maximum absolute atomic E-state index is 13.2. The molecule has 0 spiro atoms. The number of ether oxygens (including phenoxy) is 1. The van der Waals surface area contributed by atoms with Crippen molar-refractivity contribution in [1.29, 1.82) is 0 Å². The third-order valence-electron chi connectivity index (χ3n) is 4.52. The average Bonchev–Trinajstić information content (AvgIpc) is 3.34. The van der Waals surface area contributed by atoms with Gasteiger partial charge >= 0.3 is 0 Å². The summed E-state index contributed by atoms with van der Waals surface area (Å²) in [7, 11) is 1.60. The first-order valence-corrected chi connectivity index (χ1v) is 8.82. The smallest absolute Gasteiger partial charge is 0.283 e. The highest BCUT2D eigenvalue weighted by Crippen LogP contribution is 2.26. The highest BCUT2D eigenvalue weighted by atomic mass is 19.1. The number of nitrogens with one attached hydrogen (secondary N) is 1. The summed E-state index contributed by atoms with van der Waals surface area (Å²) in [6.07, 6.45) is 2.33. The standard InChI is InChI=1S/C20H17FN6O2/c1-12-17(19(28)27(24-12)20-22-25-26-23-20)11-14-5-8-18(29-2)15(10-14)9-13-3-6-16(21)7-4-13/h3-8,10-11H,9H2,1-2H3,(H,22,23,25,26)/b17-11-. The van der Waals surface area contributed by atoms with E-state index in [0.717, 1.165) is 21.7 Å². The molecule has 146 valence electrons. The topological polar surface area (TPSA) is 96.4 Å². The summed E-state index contributed by atoms with van der Waals surface area (Å²) < 4.78 is 18.6. The van der Waals surface area contributed by atoms with Crippen LogP contribution >= 0.6 is 0 Å². The predicted octanol–water partition coefficient (Wildman–Crippen LogP) is 2.74. The van der Waals surface area contributed by atoms with Crippen molar-refractivity contribution >= 4 is 23.6 Å². The second-order valence-corrected chi connectivity index (χ2v) is 6.46. The van der Waals surface area contributed by atoms with E-state index >= 15 is 0 Å². The number of anilines is 1. The van der Waals surface area contributed by atoms with E-state index in [1.165, 1.54) is 12.1 Å². The van der Waals surface area contributed by atoms with Gasteiger partial charge in [0.15, 0.2) is 0 Å². The van der Waals surface area contributed by atoms with Crippen LogP contribution in [0.5, 0.6) is 5.75 Å². The summed E-state index contributed by atoms with van der Waals surface area (Å²) in [6, 6.07) is 12.0. The first kappa shape index (κ1) is 18.5. The van der Waals surface area contributed by atoms with E-state index in [1.807, 2.05) is 18.2 Å². The average molecular weight is 392 g/mol. The second-order valence-electron chi connectivity index (χ2n) is 6.46. The number of benzene rings is 2. The Morgan fingerprint density at radius 2 is 2.00 bits per heavy atom. The van der Waals surface area contributed by atoms with Gasteiger partial charge in [-0.05, 0) is 64.4 Å². The highest BCUT2D eigenvalue weighted by Gasteiger charge is 2.30. The lowest BCUT2D eigenvalue weighted by atomic mass is 10.00. The minimum absolute atomic E-state index is 0.157. The number of H-pyrrole nitrogens is 1. The van der Waals surface area contributed by atoms with Gasteiger partial charge in [0, 0.05) is 6.42 Å². The Morgan fingerprint density at radius 1 is 1.21 bits per heavy atom. The Morgan fingerprint density at radius 3 is 2.69 bits per heavy atom. The number of hydrazone groups is 1. The quantitative estimate of drug-likeness (QED) is 0.674. The highest BCUT2D eigenvalue weighted by molar-refractivity contribution is 6.31. The van der Waals surface area contributed by atoms with Crippen LogP contribution in [0.4, 0.5) is 10.3 Å². The molecule has 29 heavy (non-hydrogen) atoms. The van der Waals surface area contributed by atoms with Crippen molar-refractivity contribution in [2.45, 2.75) is 13.3 Å². The number of aromatic amines is 1. The van der Waals surface area contributed by atoms with E-state index in [0.29, 0.717) is 23.5 Å². The van der Waals surface area contributed by atoms with Crippen LogP contribution in [0, 0.1) is 5.82 Å². The maximum Gasteiger partial charge on any atom is 0.283 e. The lowest BCUT2D eigenvalue weighted by Crippen LogP contribution is -2.22. The van der Waals surface area contributed by atoms with Gasteiger partial charge in [-0.1, -0.05) is 23.3 Å². The van der Waals surface area contributed by atoms with Crippen molar-refractivity contribution < 1.29 is 13.9 Å². The lowest BCUT2D eigenvalue weighted by molar-refractivity contribution is -0.114. The number of hydrogen-bond donors (Lipinski definition) is 1. The fraction of sp³-hybridized carbons (Fsp3) is 0.150. The number of tetrazole rings is 1. The molecular formula is C20H17FN6O2. The Balaban J connectivity index is 1.64. The molecule has 8 nitrogen and oxygen atoms in total. The molecule has 0 radical (unpaired) electrons. The molecule has 2 aromatic carbocycles. The van der Waals surface area contributed by atoms with Crippen LogP contribution in [0.2, 0.25) is 0 Å². The van der Waals surface area contributed by atoms with Crippen molar-refractivity contribution in [2.75, 3.05) is 12.1 Å². The number of carbonyl (C=O) groups is 1. The van der Waals surface area contributed by atoms with Crippen LogP contribution in [0.15, 0.2) is 53.1 Å². The predicted molar refractivity (Wildman–Crippen MR) is 105 cm³/mol. The van der Waals surface area contributed by atoms with Gasteiger partial charge in [0.1, 0.15) is 11.6 Å². The zero-order valence-corrected chi connectivity index (χ0v) is 15.8. The number of amides is 1. The van der Waals surface area contributed by atoms with Gasteiger partial charge in [0.2, 0.25) is 0 Å². The molecule has 1 aliphatic rings. The molecule has 0 bridgehead atoms. The van der Waals surface area contributed by atoms with Crippen LogP contribution in [0.3, 0.4) is 0 Å². The minimum atomic E-state index is -0.322. The molecule has 1 N–H and O–H groups in total. The molecule has 1 aromatic heterocycles. The number of hydrogen-bond acceptors (Lipinski definition) is 6. The molecule has 0 saturated heterocycles. The van der Waals surface area contributed by atoms with Gasteiger partial charge in [-0.3, -0.25) is 4.79 Å². The first-order chi connectivity index (χ1) is 14.0. The van der Waals surface area contributed by atoms with Crippen molar-refractivity contribution in [3.05, 3.63) is 70.5 Å². The van der Waals surface area contributed by atoms with Crippen molar-refractivity contribution in [3.63, 3.8) is 0 Å². The molecule has 2 heterocycles. The second kappa shape index (κ2) is 7.63. The van der Waals surface area contributed by atoms with Gasteiger partial charge < -0.3 is 4.74 Å². The summed E-state index contributed by atoms with van der Waals surface area (Å²) in [5.41, 5.74) is 3.69. The van der Waals surface area contributed by atoms with E-state index < -0.39 is 0 Å². The number of rotatable bonds is 5. The fourth-order valence-electron chi connectivity index (χ4n) is 3.09. The summed E-state index contributed by atoms with van der Waals surface area (Å²) in [5.74, 6) is 0.274. The fourth-order valence-corrected chi connectivity index (χ4v) is 3.09. The van der Waals surface area contributed by atoms with Crippen molar-refractivity contribution in [2.24, 2.45) is 5.10 Å². The zero-order chi connectivity index (χ0) is 20.4.